The van der Waals surface area contributed by atoms with Crippen LogP contribution in [0.25, 0.3) is 0 Å². The fourth-order valence-corrected chi connectivity index (χ4v) is 3.35. The van der Waals surface area contributed by atoms with E-state index in [0.29, 0.717) is 36.2 Å². The zero-order valence-electron chi connectivity index (χ0n) is 21.3. The molecule has 0 saturated carbocycles. The van der Waals surface area contributed by atoms with Gasteiger partial charge in [-0.05, 0) is 52.2 Å². The Morgan fingerprint density at radius 3 is 2.25 bits per heavy atom. The molecule has 0 aromatic heterocycles. The number of carboxylic acid groups (broad SMARTS) is 1. The summed E-state index contributed by atoms with van der Waals surface area (Å²) in [4.78, 5) is 53.3. The van der Waals surface area contributed by atoms with E-state index in [9.17, 15) is 24.3 Å². The van der Waals surface area contributed by atoms with Crippen molar-refractivity contribution in [3.05, 3.63) is 47.3 Å². The van der Waals surface area contributed by atoms with Gasteiger partial charge in [-0.25, -0.2) is 9.59 Å². The smallest absolute Gasteiger partial charge is 0.408 e. The molecular formula is C24H35N5O7. The molecule has 3 rings (SSSR count). The summed E-state index contributed by atoms with van der Waals surface area (Å²) in [5, 5.41) is 14.2. The number of hydrogen-bond acceptors (Lipinski definition) is 9. The van der Waals surface area contributed by atoms with Crippen LogP contribution in [0.1, 0.15) is 74.6 Å². The van der Waals surface area contributed by atoms with Gasteiger partial charge in [-0.15, -0.1) is 10.6 Å². The van der Waals surface area contributed by atoms with E-state index in [0.717, 1.165) is 5.06 Å². The summed E-state index contributed by atoms with van der Waals surface area (Å²) in [6.45, 7) is 9.61. The molecule has 1 atom stereocenters. The van der Waals surface area contributed by atoms with Crippen LogP contribution in [0.15, 0.2) is 36.2 Å². The largest absolute Gasteiger partial charge is 0.480 e. The lowest BCUT2D eigenvalue weighted by molar-refractivity contribution is -0.139. The summed E-state index contributed by atoms with van der Waals surface area (Å²) in [6, 6.07) is 5.48. The molecule has 12 nitrogen and oxygen atoms in total. The molecule has 4 N–H and O–H groups in total. The van der Waals surface area contributed by atoms with Crippen LogP contribution in [0.3, 0.4) is 0 Å². The third-order valence-electron chi connectivity index (χ3n) is 4.91. The lowest BCUT2D eigenvalue weighted by Gasteiger charge is -2.22. The van der Waals surface area contributed by atoms with Crippen molar-refractivity contribution in [2.24, 2.45) is 0 Å². The summed E-state index contributed by atoms with van der Waals surface area (Å²) in [5.74, 6) is -2.13. The highest BCUT2D eigenvalue weighted by Crippen LogP contribution is 2.23. The molecule has 1 aromatic rings. The average Bonchev–Trinajstić information content (AvgIpc) is 3.37. The van der Waals surface area contributed by atoms with Gasteiger partial charge in [0.2, 0.25) is 0 Å². The van der Waals surface area contributed by atoms with E-state index in [2.05, 4.69) is 16.3 Å². The third kappa shape index (κ3) is 7.95. The van der Waals surface area contributed by atoms with E-state index in [1.54, 1.807) is 56.2 Å². The first kappa shape index (κ1) is 28.6. The maximum atomic E-state index is 12.3. The number of unbranched alkanes of at least 4 members (excludes halogenated alkanes) is 1. The molecule has 36 heavy (non-hydrogen) atoms. The van der Waals surface area contributed by atoms with E-state index >= 15 is 0 Å². The monoisotopic (exact) mass is 505 g/mol. The minimum atomic E-state index is -1.13. The van der Waals surface area contributed by atoms with Crippen LogP contribution in [0, 0.1) is 0 Å². The summed E-state index contributed by atoms with van der Waals surface area (Å²) in [6.07, 6.45) is 2.38. The standard InChI is InChI=1S/C22H29N5O7.C2H6/c1-22(2,3)34-21(32)23-17(20(30)31)10-6-7-11-26-12-14(24-25-26)13-33-27-18(28)15-8-4-5-9-16(15)19(27)29;1-2/h4-5,8-9,12,17,24-25H,6-7,10-11,13H2,1-3H3,(H,23,32)(H,30,31);1-2H3. The normalized spacial score (nSPS) is 15.4. The second-order valence-electron chi connectivity index (χ2n) is 8.84. The van der Waals surface area contributed by atoms with Gasteiger partial charge in [0, 0.05) is 12.7 Å². The predicted octanol–water partition coefficient (Wildman–Crippen LogP) is 2.55. The molecule has 0 fully saturated rings. The van der Waals surface area contributed by atoms with Crippen LogP contribution in [0.5, 0.6) is 0 Å². The molecule has 0 radical (unpaired) electrons. The Hall–Kier alpha value is -3.64. The van der Waals surface area contributed by atoms with Crippen molar-refractivity contribution in [3.8, 4) is 0 Å². The maximum Gasteiger partial charge on any atom is 0.408 e. The van der Waals surface area contributed by atoms with Crippen LogP contribution >= 0.6 is 0 Å². The van der Waals surface area contributed by atoms with E-state index in [4.69, 9.17) is 9.57 Å². The number of hydroxylamine groups is 2. The molecule has 1 unspecified atom stereocenters. The topological polar surface area (TPSA) is 150 Å². The first-order valence-electron chi connectivity index (χ1n) is 11.9. The fourth-order valence-electron chi connectivity index (χ4n) is 3.35. The number of alkyl carbamates (subject to hydrolysis) is 1. The molecule has 0 bridgehead atoms. The number of hydrogen-bond donors (Lipinski definition) is 4. The lowest BCUT2D eigenvalue weighted by Crippen LogP contribution is -2.43. The number of amides is 3. The molecule has 3 amide bonds. The molecule has 1 aromatic carbocycles. The van der Waals surface area contributed by atoms with Crippen molar-refractivity contribution in [3.63, 3.8) is 0 Å². The minimum Gasteiger partial charge on any atom is -0.480 e. The molecule has 0 aliphatic carbocycles. The Morgan fingerprint density at radius 2 is 1.69 bits per heavy atom. The van der Waals surface area contributed by atoms with Crippen LogP contribution in [0.2, 0.25) is 0 Å². The van der Waals surface area contributed by atoms with Gasteiger partial charge < -0.3 is 20.6 Å². The van der Waals surface area contributed by atoms with Gasteiger partial charge in [0.15, 0.2) is 0 Å². The molecule has 12 heteroatoms. The zero-order valence-corrected chi connectivity index (χ0v) is 21.3. The first-order valence-corrected chi connectivity index (χ1v) is 11.9. The zero-order chi connectivity index (χ0) is 26.9. The van der Waals surface area contributed by atoms with E-state index in [1.165, 1.54) is 0 Å². The molecule has 2 aliphatic rings. The Balaban J connectivity index is 0.00000222. The quantitative estimate of drug-likeness (QED) is 0.276. The average molecular weight is 506 g/mol. The van der Waals surface area contributed by atoms with Crippen molar-refractivity contribution >= 4 is 23.9 Å². The van der Waals surface area contributed by atoms with E-state index in [1.807, 2.05) is 13.8 Å². The Bertz CT molecular complexity index is 954. The van der Waals surface area contributed by atoms with E-state index in [-0.39, 0.29) is 13.0 Å². The fraction of sp³-hybridized carbons (Fsp3) is 0.500. The van der Waals surface area contributed by atoms with Crippen LogP contribution < -0.4 is 16.3 Å². The van der Waals surface area contributed by atoms with Crippen molar-refractivity contribution in [2.75, 3.05) is 13.2 Å². The summed E-state index contributed by atoms with van der Waals surface area (Å²) in [7, 11) is 0. The Morgan fingerprint density at radius 1 is 1.08 bits per heavy atom. The second kappa shape index (κ2) is 12.9. The Labute approximate surface area is 210 Å². The predicted molar refractivity (Wildman–Crippen MR) is 130 cm³/mol. The van der Waals surface area contributed by atoms with Crippen LogP contribution in [0.4, 0.5) is 4.79 Å². The Kier molecular flexibility index (Phi) is 10.2. The van der Waals surface area contributed by atoms with Gasteiger partial charge in [0.1, 0.15) is 18.2 Å². The highest BCUT2D eigenvalue weighted by atomic mass is 16.7. The number of fused-ring (bicyclic) bond motifs is 1. The summed E-state index contributed by atoms with van der Waals surface area (Å²) in [5.41, 5.74) is 6.30. The number of nitrogens with zero attached hydrogens (tertiary/aromatic N) is 2. The molecule has 198 valence electrons. The SMILES string of the molecule is CC.CC(C)(C)OC(=O)NC(CCCCN1C=C(CON2C(=O)c3ccccc3C2=O)NN1)C(=O)O. The van der Waals surface area contributed by atoms with Gasteiger partial charge in [0.05, 0.1) is 16.8 Å². The number of rotatable bonds is 10. The molecule has 0 spiro atoms. The lowest BCUT2D eigenvalue weighted by atomic mass is 10.1. The summed E-state index contributed by atoms with van der Waals surface area (Å²) < 4.78 is 5.10. The van der Waals surface area contributed by atoms with Crippen LogP contribution in [-0.4, -0.2) is 63.9 Å². The molecule has 2 heterocycles. The van der Waals surface area contributed by atoms with Crippen molar-refractivity contribution < 1.29 is 33.9 Å². The number of hydrazine groups is 2. The highest BCUT2D eigenvalue weighted by Gasteiger charge is 2.36. The summed E-state index contributed by atoms with van der Waals surface area (Å²) >= 11 is 0. The maximum absolute atomic E-state index is 12.3. The molecular weight excluding hydrogens is 470 g/mol. The highest BCUT2D eigenvalue weighted by molar-refractivity contribution is 6.20. The van der Waals surface area contributed by atoms with Gasteiger partial charge in [-0.3, -0.25) is 19.4 Å². The number of imide groups is 1. The number of carbonyl (C=O) groups excluding carboxylic acids is 3. The van der Waals surface area contributed by atoms with Gasteiger partial charge in [-0.2, -0.15) is 0 Å². The second-order valence-corrected chi connectivity index (χ2v) is 8.84. The number of aliphatic carboxylic acids is 1. The van der Waals surface area contributed by atoms with E-state index < -0.39 is 35.5 Å². The van der Waals surface area contributed by atoms with Crippen molar-refractivity contribution in [1.82, 2.24) is 26.3 Å². The number of ether oxygens (including phenoxy) is 1. The third-order valence-corrected chi connectivity index (χ3v) is 4.91. The molecule has 2 aliphatic heterocycles. The van der Waals surface area contributed by atoms with Gasteiger partial charge in [-0.1, -0.05) is 26.0 Å². The van der Waals surface area contributed by atoms with Crippen molar-refractivity contribution in [1.29, 1.82) is 0 Å². The minimum absolute atomic E-state index is 0.0319. The van der Waals surface area contributed by atoms with Gasteiger partial charge >= 0.3 is 12.1 Å². The van der Waals surface area contributed by atoms with Crippen LogP contribution in [-0.2, 0) is 14.4 Å². The molecule has 0 saturated heterocycles. The number of nitrogens with one attached hydrogen (secondary N) is 3. The van der Waals surface area contributed by atoms with Gasteiger partial charge in [0.25, 0.3) is 11.8 Å². The number of benzene rings is 1. The number of carbonyl (C=O) groups is 4. The van der Waals surface area contributed by atoms with Crippen molar-refractivity contribution in [2.45, 2.75) is 65.5 Å². The first-order chi connectivity index (χ1) is 17.0. The number of carboxylic acids is 1.